The minimum atomic E-state index is -0.284. The molecule has 18 heavy (non-hydrogen) atoms. The average molecular weight is 239 g/mol. The van der Waals surface area contributed by atoms with Gasteiger partial charge in [0.2, 0.25) is 0 Å². The van der Waals surface area contributed by atoms with Crippen LogP contribution in [0.4, 0.5) is 5.69 Å². The van der Waals surface area contributed by atoms with E-state index in [9.17, 15) is 4.79 Å². The number of anilines is 1. The van der Waals surface area contributed by atoms with E-state index in [0.29, 0.717) is 11.0 Å². The third-order valence-electron chi connectivity index (χ3n) is 3.11. The topological polar surface area (TPSA) is 33.5 Å². The Hall–Kier alpha value is -2.29. The van der Waals surface area contributed by atoms with Crippen LogP contribution in [-0.2, 0) is 0 Å². The monoisotopic (exact) mass is 239 g/mol. The van der Waals surface area contributed by atoms with Crippen LogP contribution in [0.1, 0.15) is 0 Å². The van der Waals surface area contributed by atoms with Crippen LogP contribution < -0.4 is 10.5 Å². The van der Waals surface area contributed by atoms with Crippen LogP contribution in [0.3, 0.4) is 0 Å². The first kappa shape index (κ1) is 10.8. The van der Waals surface area contributed by atoms with Crippen LogP contribution in [0.5, 0.6) is 0 Å². The lowest BCUT2D eigenvalue weighted by Gasteiger charge is -2.14. The lowest BCUT2D eigenvalue weighted by Crippen LogP contribution is -2.12. The van der Waals surface area contributed by atoms with Crippen LogP contribution in [0.25, 0.3) is 21.7 Å². The van der Waals surface area contributed by atoms with Gasteiger partial charge in [0.15, 0.2) is 0 Å². The van der Waals surface area contributed by atoms with Crippen molar-refractivity contribution >= 4 is 27.4 Å². The van der Waals surface area contributed by atoms with Gasteiger partial charge in [-0.1, -0.05) is 30.3 Å². The van der Waals surface area contributed by atoms with Crippen LogP contribution in [0, 0.1) is 0 Å². The van der Waals surface area contributed by atoms with Crippen molar-refractivity contribution in [1.29, 1.82) is 0 Å². The Morgan fingerprint density at radius 1 is 0.944 bits per heavy atom. The second-order valence-corrected chi connectivity index (χ2v) is 4.48. The molecule has 3 rings (SSSR count). The lowest BCUT2D eigenvalue weighted by atomic mass is 10.1. The summed E-state index contributed by atoms with van der Waals surface area (Å²) in [4.78, 5) is 14.0. The molecular weight excluding hydrogens is 226 g/mol. The van der Waals surface area contributed by atoms with Gasteiger partial charge in [-0.05, 0) is 12.1 Å². The first-order valence-electron chi connectivity index (χ1n) is 5.80. The minimum absolute atomic E-state index is 0.284. The van der Waals surface area contributed by atoms with Gasteiger partial charge < -0.3 is 9.32 Å². The summed E-state index contributed by atoms with van der Waals surface area (Å²) in [6, 6.07) is 13.5. The highest BCUT2D eigenvalue weighted by molar-refractivity contribution is 6.08. The van der Waals surface area contributed by atoms with Crippen molar-refractivity contribution in [2.24, 2.45) is 0 Å². The summed E-state index contributed by atoms with van der Waals surface area (Å²) in [7, 11) is 3.84. The van der Waals surface area contributed by atoms with Gasteiger partial charge in [0.25, 0.3) is 0 Å². The SMILES string of the molecule is CN(C)c1cccc2c1c(=O)oc1ccccc12. The van der Waals surface area contributed by atoms with Gasteiger partial charge in [0.1, 0.15) is 5.58 Å². The predicted molar refractivity (Wildman–Crippen MR) is 74.3 cm³/mol. The van der Waals surface area contributed by atoms with Gasteiger partial charge in [-0.25, -0.2) is 4.79 Å². The zero-order valence-corrected chi connectivity index (χ0v) is 10.3. The van der Waals surface area contributed by atoms with E-state index in [1.165, 1.54) is 0 Å². The quantitative estimate of drug-likeness (QED) is 0.483. The Morgan fingerprint density at radius 2 is 1.67 bits per heavy atom. The zero-order valence-electron chi connectivity index (χ0n) is 10.3. The molecule has 0 aliphatic heterocycles. The first-order valence-corrected chi connectivity index (χ1v) is 5.80. The third kappa shape index (κ3) is 1.48. The van der Waals surface area contributed by atoms with Gasteiger partial charge in [-0.3, -0.25) is 0 Å². The minimum Gasteiger partial charge on any atom is -0.422 e. The summed E-state index contributed by atoms with van der Waals surface area (Å²) >= 11 is 0. The Kier molecular flexibility index (Phi) is 2.33. The van der Waals surface area contributed by atoms with E-state index in [-0.39, 0.29) is 5.63 Å². The van der Waals surface area contributed by atoms with Crippen molar-refractivity contribution in [3.8, 4) is 0 Å². The highest BCUT2D eigenvalue weighted by Crippen LogP contribution is 2.28. The van der Waals surface area contributed by atoms with E-state index in [0.717, 1.165) is 16.5 Å². The Bertz CT molecular complexity index is 787. The van der Waals surface area contributed by atoms with Crippen LogP contribution in [0.2, 0.25) is 0 Å². The number of hydrogen-bond donors (Lipinski definition) is 0. The summed E-state index contributed by atoms with van der Waals surface area (Å²) < 4.78 is 5.38. The molecule has 3 aromatic rings. The molecule has 3 nitrogen and oxygen atoms in total. The molecule has 0 unspecified atom stereocenters. The molecule has 0 N–H and O–H groups in total. The van der Waals surface area contributed by atoms with E-state index >= 15 is 0 Å². The van der Waals surface area contributed by atoms with E-state index < -0.39 is 0 Å². The number of nitrogens with zero attached hydrogens (tertiary/aromatic N) is 1. The first-order chi connectivity index (χ1) is 8.68. The van der Waals surface area contributed by atoms with Crippen molar-refractivity contribution in [1.82, 2.24) is 0 Å². The zero-order chi connectivity index (χ0) is 12.7. The van der Waals surface area contributed by atoms with E-state index in [1.54, 1.807) is 0 Å². The molecule has 0 atom stereocenters. The third-order valence-corrected chi connectivity index (χ3v) is 3.11. The fourth-order valence-corrected chi connectivity index (χ4v) is 2.28. The van der Waals surface area contributed by atoms with E-state index in [1.807, 2.05) is 61.5 Å². The summed E-state index contributed by atoms with van der Waals surface area (Å²) in [5, 5.41) is 2.55. The van der Waals surface area contributed by atoms with Gasteiger partial charge in [-0.15, -0.1) is 0 Å². The van der Waals surface area contributed by atoms with Crippen LogP contribution in [-0.4, -0.2) is 14.1 Å². The molecule has 0 aliphatic carbocycles. The smallest absolute Gasteiger partial charge is 0.346 e. The standard InChI is InChI=1S/C15H13NO2/c1-16(2)12-8-5-7-11-10-6-3-4-9-13(10)18-15(17)14(11)12/h3-9H,1-2H3. The fourth-order valence-electron chi connectivity index (χ4n) is 2.28. The molecule has 0 fully saturated rings. The number of rotatable bonds is 1. The molecule has 0 radical (unpaired) electrons. The van der Waals surface area contributed by atoms with Gasteiger partial charge in [0, 0.05) is 24.9 Å². The molecule has 90 valence electrons. The van der Waals surface area contributed by atoms with Crippen molar-refractivity contribution < 1.29 is 4.42 Å². The largest absolute Gasteiger partial charge is 0.422 e. The summed E-state index contributed by atoms with van der Waals surface area (Å²) in [5.41, 5.74) is 1.23. The summed E-state index contributed by atoms with van der Waals surface area (Å²) in [6.45, 7) is 0. The number of benzene rings is 2. The highest BCUT2D eigenvalue weighted by Gasteiger charge is 2.11. The highest BCUT2D eigenvalue weighted by atomic mass is 16.4. The fraction of sp³-hybridized carbons (Fsp3) is 0.133. The van der Waals surface area contributed by atoms with Crippen molar-refractivity contribution in [3.05, 3.63) is 52.9 Å². The molecule has 0 amide bonds. The van der Waals surface area contributed by atoms with Crippen molar-refractivity contribution in [2.45, 2.75) is 0 Å². The molecule has 3 heteroatoms. The molecule has 0 aliphatic rings. The van der Waals surface area contributed by atoms with E-state index in [2.05, 4.69) is 0 Å². The second kappa shape index (κ2) is 3.88. The second-order valence-electron chi connectivity index (χ2n) is 4.48. The predicted octanol–water partition coefficient (Wildman–Crippen LogP) is 3.01. The number of fused-ring (bicyclic) bond motifs is 3. The molecule has 2 aromatic carbocycles. The maximum absolute atomic E-state index is 12.1. The van der Waals surface area contributed by atoms with Gasteiger partial charge in [0.05, 0.1) is 11.1 Å². The number of para-hydroxylation sites is 1. The Labute approximate surface area is 104 Å². The summed E-state index contributed by atoms with van der Waals surface area (Å²) in [6.07, 6.45) is 0. The molecular formula is C15H13NO2. The molecule has 0 bridgehead atoms. The maximum atomic E-state index is 12.1. The van der Waals surface area contributed by atoms with Crippen molar-refractivity contribution in [3.63, 3.8) is 0 Å². The molecule has 1 heterocycles. The number of hydrogen-bond acceptors (Lipinski definition) is 3. The summed E-state index contributed by atoms with van der Waals surface area (Å²) in [5.74, 6) is 0. The van der Waals surface area contributed by atoms with Gasteiger partial charge >= 0.3 is 5.63 Å². The normalized spacial score (nSPS) is 11.0. The molecule has 1 aromatic heterocycles. The van der Waals surface area contributed by atoms with E-state index in [4.69, 9.17) is 4.42 Å². The van der Waals surface area contributed by atoms with Crippen molar-refractivity contribution in [2.75, 3.05) is 19.0 Å². The Morgan fingerprint density at radius 3 is 2.44 bits per heavy atom. The van der Waals surface area contributed by atoms with Gasteiger partial charge in [-0.2, -0.15) is 0 Å². The molecule has 0 saturated heterocycles. The van der Waals surface area contributed by atoms with Crippen LogP contribution in [0.15, 0.2) is 51.7 Å². The lowest BCUT2D eigenvalue weighted by molar-refractivity contribution is 0.569. The Balaban J connectivity index is 2.60. The van der Waals surface area contributed by atoms with Crippen LogP contribution >= 0.6 is 0 Å². The average Bonchev–Trinajstić information content (AvgIpc) is 2.38. The maximum Gasteiger partial charge on any atom is 0.346 e. The molecule has 0 saturated carbocycles. The molecule has 0 spiro atoms.